The fourth-order valence-corrected chi connectivity index (χ4v) is 1.98. The van der Waals surface area contributed by atoms with Crippen molar-refractivity contribution in [2.24, 2.45) is 0 Å². The molecule has 0 unspecified atom stereocenters. The number of hydrogen-bond acceptors (Lipinski definition) is 4. The summed E-state index contributed by atoms with van der Waals surface area (Å²) in [6.07, 6.45) is 1.50. The molecule has 1 amide bonds. The van der Waals surface area contributed by atoms with Gasteiger partial charge in [-0.3, -0.25) is 4.79 Å². The second-order valence-corrected chi connectivity index (χ2v) is 5.13. The Bertz CT molecular complexity index is 521. The zero-order valence-electron chi connectivity index (χ0n) is 13.5. The second kappa shape index (κ2) is 9.00. The predicted molar refractivity (Wildman–Crippen MR) is 84.2 cm³/mol. The lowest BCUT2D eigenvalue weighted by Gasteiger charge is -2.20. The van der Waals surface area contributed by atoms with E-state index >= 15 is 0 Å². The Morgan fingerprint density at radius 3 is 2.32 bits per heavy atom. The zero-order valence-corrected chi connectivity index (χ0v) is 13.5. The van der Waals surface area contributed by atoms with Crippen molar-refractivity contribution < 1.29 is 19.1 Å². The Morgan fingerprint density at radius 1 is 1.18 bits per heavy atom. The minimum atomic E-state index is -0.764. The van der Waals surface area contributed by atoms with Gasteiger partial charge >= 0.3 is 5.97 Å². The fraction of sp³-hybridized carbons (Fsp3) is 0.412. The monoisotopic (exact) mass is 305 g/mol. The smallest absolute Gasteiger partial charge is 0.328 e. The van der Waals surface area contributed by atoms with Crippen LogP contribution in [0.3, 0.4) is 0 Å². The van der Waals surface area contributed by atoms with Crippen LogP contribution in [0.25, 0.3) is 0 Å². The van der Waals surface area contributed by atoms with Crippen LogP contribution >= 0.6 is 0 Å². The summed E-state index contributed by atoms with van der Waals surface area (Å²) in [5.41, 5.74) is 1.79. The molecule has 0 spiro atoms. The molecule has 0 saturated heterocycles. The van der Waals surface area contributed by atoms with E-state index in [2.05, 4.69) is 5.32 Å². The van der Waals surface area contributed by atoms with Crippen LogP contribution in [0.5, 0.6) is 0 Å². The molecule has 1 N–H and O–H groups in total. The number of hydrogen-bond donors (Lipinski definition) is 1. The topological polar surface area (TPSA) is 64.6 Å². The zero-order chi connectivity index (χ0) is 16.5. The third kappa shape index (κ3) is 5.33. The third-order valence-corrected chi connectivity index (χ3v) is 3.14. The first-order valence-corrected chi connectivity index (χ1v) is 7.09. The number of nitrogens with one attached hydrogen (secondary N) is 1. The summed E-state index contributed by atoms with van der Waals surface area (Å²) in [6, 6.07) is 8.40. The average molecular weight is 305 g/mol. The molecular formula is C17H23NO4. The Kier molecular flexibility index (Phi) is 7.32. The Morgan fingerprint density at radius 2 is 1.82 bits per heavy atom. The highest BCUT2D eigenvalue weighted by Crippen LogP contribution is 2.17. The van der Waals surface area contributed by atoms with Gasteiger partial charge in [0.1, 0.15) is 6.04 Å². The number of rotatable bonds is 7. The van der Waals surface area contributed by atoms with Gasteiger partial charge in [0.2, 0.25) is 0 Å². The molecule has 1 aromatic carbocycles. The summed E-state index contributed by atoms with van der Waals surface area (Å²) in [7, 11) is 2.76. The van der Waals surface area contributed by atoms with Gasteiger partial charge in [0.25, 0.3) is 5.91 Å². The maximum absolute atomic E-state index is 12.4. The highest BCUT2D eigenvalue weighted by atomic mass is 16.5. The van der Waals surface area contributed by atoms with Crippen LogP contribution in [-0.4, -0.2) is 32.1 Å². The van der Waals surface area contributed by atoms with E-state index in [1.807, 2.05) is 38.1 Å². The largest absolute Gasteiger partial charge is 0.467 e. The van der Waals surface area contributed by atoms with Gasteiger partial charge in [0.15, 0.2) is 6.10 Å². The maximum Gasteiger partial charge on any atom is 0.328 e. The molecule has 5 nitrogen and oxygen atoms in total. The molecule has 0 saturated carbocycles. The second-order valence-electron chi connectivity index (χ2n) is 5.13. The number of carbonyl (C=O) groups is 2. The quantitative estimate of drug-likeness (QED) is 0.620. The molecule has 0 bridgehead atoms. The highest BCUT2D eigenvalue weighted by molar-refractivity contribution is 5.87. The SMILES string of the molecule is COC(=O)[C@H](CC=C(C)C)NC(=O)[C@H](OC)c1ccccc1. The van der Waals surface area contributed by atoms with Gasteiger partial charge in [-0.15, -0.1) is 0 Å². The molecule has 0 aliphatic carbocycles. The molecule has 22 heavy (non-hydrogen) atoms. The molecule has 2 atom stereocenters. The summed E-state index contributed by atoms with van der Waals surface area (Å²) >= 11 is 0. The molecular weight excluding hydrogens is 282 g/mol. The van der Waals surface area contributed by atoms with E-state index in [9.17, 15) is 9.59 Å². The van der Waals surface area contributed by atoms with Crippen LogP contribution in [0, 0.1) is 0 Å². The summed E-state index contributed by atoms with van der Waals surface area (Å²) in [5.74, 6) is -0.847. The number of amides is 1. The third-order valence-electron chi connectivity index (χ3n) is 3.14. The molecule has 0 radical (unpaired) electrons. The van der Waals surface area contributed by atoms with Crippen molar-refractivity contribution in [3.8, 4) is 0 Å². The van der Waals surface area contributed by atoms with Crippen LogP contribution in [0.15, 0.2) is 42.0 Å². The molecule has 5 heteroatoms. The van der Waals surface area contributed by atoms with E-state index < -0.39 is 18.1 Å². The van der Waals surface area contributed by atoms with Crippen LogP contribution in [-0.2, 0) is 19.1 Å². The van der Waals surface area contributed by atoms with Crippen molar-refractivity contribution in [3.05, 3.63) is 47.5 Å². The Hall–Kier alpha value is -2.14. The highest BCUT2D eigenvalue weighted by Gasteiger charge is 2.26. The Labute approximate surface area is 131 Å². The van der Waals surface area contributed by atoms with E-state index in [1.54, 1.807) is 12.1 Å². The van der Waals surface area contributed by atoms with Gasteiger partial charge in [-0.25, -0.2) is 4.79 Å². The van der Waals surface area contributed by atoms with Crippen molar-refractivity contribution in [1.82, 2.24) is 5.32 Å². The van der Waals surface area contributed by atoms with Gasteiger partial charge in [-0.1, -0.05) is 42.0 Å². The molecule has 0 aliphatic heterocycles. The van der Waals surface area contributed by atoms with Crippen LogP contribution < -0.4 is 5.32 Å². The summed E-state index contributed by atoms with van der Waals surface area (Å²) < 4.78 is 10.00. The van der Waals surface area contributed by atoms with E-state index in [0.29, 0.717) is 6.42 Å². The fourth-order valence-electron chi connectivity index (χ4n) is 1.98. The van der Waals surface area contributed by atoms with Crippen LogP contribution in [0.2, 0.25) is 0 Å². The number of carbonyl (C=O) groups excluding carboxylic acids is 2. The van der Waals surface area contributed by atoms with Crippen molar-refractivity contribution in [1.29, 1.82) is 0 Å². The molecule has 0 aromatic heterocycles. The molecule has 120 valence electrons. The van der Waals surface area contributed by atoms with Crippen molar-refractivity contribution in [2.75, 3.05) is 14.2 Å². The number of methoxy groups -OCH3 is 2. The molecule has 1 aromatic rings. The van der Waals surface area contributed by atoms with Crippen LogP contribution in [0.1, 0.15) is 31.9 Å². The summed E-state index contributed by atoms with van der Waals surface area (Å²) in [6.45, 7) is 3.86. The first-order valence-electron chi connectivity index (χ1n) is 7.09. The first kappa shape index (κ1) is 17.9. The van der Waals surface area contributed by atoms with E-state index in [-0.39, 0.29) is 5.91 Å². The maximum atomic E-state index is 12.4. The van der Waals surface area contributed by atoms with Gasteiger partial charge in [-0.2, -0.15) is 0 Å². The Balaban J connectivity index is 2.84. The van der Waals surface area contributed by atoms with Crippen LogP contribution in [0.4, 0.5) is 0 Å². The lowest BCUT2D eigenvalue weighted by molar-refractivity contribution is -0.146. The van der Waals surface area contributed by atoms with E-state index in [1.165, 1.54) is 14.2 Å². The lowest BCUT2D eigenvalue weighted by atomic mass is 10.1. The standard InChI is InChI=1S/C17H23NO4/c1-12(2)10-11-14(17(20)22-4)18-16(19)15(21-3)13-8-6-5-7-9-13/h5-10,14-15H,11H2,1-4H3,(H,18,19)/t14-,15+/m0/s1. The minimum absolute atomic E-state index is 0.369. The number of esters is 1. The number of allylic oxidation sites excluding steroid dienone is 1. The van der Waals surface area contributed by atoms with Gasteiger partial charge in [0, 0.05) is 7.11 Å². The molecule has 0 aliphatic rings. The lowest BCUT2D eigenvalue weighted by Crippen LogP contribution is -2.43. The molecule has 0 fully saturated rings. The van der Waals surface area contributed by atoms with E-state index in [0.717, 1.165) is 11.1 Å². The van der Waals surface area contributed by atoms with Gasteiger partial charge in [0.05, 0.1) is 7.11 Å². The van der Waals surface area contributed by atoms with Gasteiger partial charge < -0.3 is 14.8 Å². The average Bonchev–Trinajstić information content (AvgIpc) is 2.52. The molecule has 0 heterocycles. The predicted octanol–water partition coefficient (Wildman–Crippen LogP) is 2.39. The number of ether oxygens (including phenoxy) is 2. The summed E-state index contributed by atoms with van der Waals surface area (Å²) in [5, 5.41) is 2.69. The van der Waals surface area contributed by atoms with Crippen molar-refractivity contribution >= 4 is 11.9 Å². The number of benzene rings is 1. The van der Waals surface area contributed by atoms with Crippen molar-refractivity contribution in [3.63, 3.8) is 0 Å². The minimum Gasteiger partial charge on any atom is -0.467 e. The molecule has 1 rings (SSSR count). The first-order chi connectivity index (χ1) is 10.5. The van der Waals surface area contributed by atoms with E-state index in [4.69, 9.17) is 9.47 Å². The van der Waals surface area contributed by atoms with Gasteiger partial charge in [-0.05, 0) is 25.8 Å². The summed E-state index contributed by atoms with van der Waals surface area (Å²) in [4.78, 5) is 24.2. The van der Waals surface area contributed by atoms with Crippen molar-refractivity contribution in [2.45, 2.75) is 32.4 Å². The normalized spacial score (nSPS) is 12.9.